The third-order valence-electron chi connectivity index (χ3n) is 2.43. The summed E-state index contributed by atoms with van der Waals surface area (Å²) in [5, 5.41) is 11.8. The topological polar surface area (TPSA) is 86.7 Å². The average molecular weight is 299 g/mol. The highest BCUT2D eigenvalue weighted by molar-refractivity contribution is 6.30. The number of carbonyl (C=O) groups is 3. The highest BCUT2D eigenvalue weighted by atomic mass is 35.5. The molecule has 0 aliphatic rings. The van der Waals surface area contributed by atoms with Crippen LogP contribution in [0.4, 0.5) is 5.69 Å². The van der Waals surface area contributed by atoms with E-state index in [-0.39, 0.29) is 18.9 Å². The van der Waals surface area contributed by atoms with Crippen molar-refractivity contribution in [3.05, 3.63) is 29.3 Å². The van der Waals surface area contributed by atoms with Crippen LogP contribution in [0.2, 0.25) is 5.02 Å². The van der Waals surface area contributed by atoms with E-state index in [1.165, 1.54) is 13.0 Å². The van der Waals surface area contributed by atoms with Gasteiger partial charge < -0.3 is 15.3 Å². The van der Waals surface area contributed by atoms with Gasteiger partial charge in [0.2, 0.25) is 11.8 Å². The molecule has 7 heteroatoms. The van der Waals surface area contributed by atoms with Gasteiger partial charge in [-0.3, -0.25) is 14.4 Å². The molecule has 0 aromatic heterocycles. The third kappa shape index (κ3) is 5.27. The second-order valence-corrected chi connectivity index (χ2v) is 4.52. The zero-order valence-corrected chi connectivity index (χ0v) is 11.7. The van der Waals surface area contributed by atoms with Crippen LogP contribution in [-0.2, 0) is 14.4 Å². The molecule has 0 fully saturated rings. The maximum atomic E-state index is 12.0. The maximum Gasteiger partial charge on any atom is 0.323 e. The third-order valence-corrected chi connectivity index (χ3v) is 2.66. The number of hydrogen-bond donors (Lipinski definition) is 2. The quantitative estimate of drug-likeness (QED) is 0.828. The first kappa shape index (κ1) is 16.0. The number of amides is 2. The molecule has 1 aromatic rings. The van der Waals surface area contributed by atoms with Crippen molar-refractivity contribution < 1.29 is 19.5 Å². The fourth-order valence-electron chi connectivity index (χ4n) is 1.58. The van der Waals surface area contributed by atoms with Crippen LogP contribution in [0.5, 0.6) is 0 Å². The lowest BCUT2D eigenvalue weighted by molar-refractivity contribution is -0.136. The smallest absolute Gasteiger partial charge is 0.323 e. The van der Waals surface area contributed by atoms with E-state index >= 15 is 0 Å². The van der Waals surface area contributed by atoms with Crippen molar-refractivity contribution >= 4 is 35.1 Å². The lowest BCUT2D eigenvalue weighted by Crippen LogP contribution is -2.37. The SMILES string of the molecule is CC(=O)NCCC(=O)N(CC(=O)O)c1cccc(Cl)c1. The summed E-state index contributed by atoms with van der Waals surface area (Å²) in [6.45, 7) is 1.04. The van der Waals surface area contributed by atoms with Crippen molar-refractivity contribution in [1.82, 2.24) is 5.32 Å². The minimum Gasteiger partial charge on any atom is -0.480 e. The molecule has 0 saturated heterocycles. The summed E-state index contributed by atoms with van der Waals surface area (Å²) in [4.78, 5) is 34.8. The first-order valence-electron chi connectivity index (χ1n) is 5.92. The van der Waals surface area contributed by atoms with Crippen LogP contribution >= 0.6 is 11.6 Å². The molecule has 20 heavy (non-hydrogen) atoms. The number of rotatable bonds is 6. The Balaban J connectivity index is 2.81. The number of halogens is 1. The van der Waals surface area contributed by atoms with Gasteiger partial charge in [0, 0.05) is 30.6 Å². The van der Waals surface area contributed by atoms with Crippen LogP contribution < -0.4 is 10.2 Å². The van der Waals surface area contributed by atoms with Crippen LogP contribution in [-0.4, -0.2) is 36.0 Å². The highest BCUT2D eigenvalue weighted by Gasteiger charge is 2.18. The Morgan fingerprint density at radius 1 is 1.35 bits per heavy atom. The summed E-state index contributed by atoms with van der Waals surface area (Å²) in [6, 6.07) is 6.38. The molecule has 2 amide bonds. The molecule has 0 spiro atoms. The van der Waals surface area contributed by atoms with Gasteiger partial charge in [0.25, 0.3) is 0 Å². The van der Waals surface area contributed by atoms with Crippen LogP contribution in [0.25, 0.3) is 0 Å². The van der Waals surface area contributed by atoms with E-state index in [0.29, 0.717) is 10.7 Å². The molecule has 0 heterocycles. The number of carbonyl (C=O) groups excluding carboxylic acids is 2. The maximum absolute atomic E-state index is 12.0. The Morgan fingerprint density at radius 2 is 2.05 bits per heavy atom. The number of anilines is 1. The minimum atomic E-state index is -1.13. The number of benzene rings is 1. The van der Waals surface area contributed by atoms with E-state index < -0.39 is 18.4 Å². The van der Waals surface area contributed by atoms with Gasteiger partial charge in [0.1, 0.15) is 6.54 Å². The monoisotopic (exact) mass is 298 g/mol. The van der Waals surface area contributed by atoms with E-state index in [1.807, 2.05) is 0 Å². The molecule has 108 valence electrons. The van der Waals surface area contributed by atoms with Crippen LogP contribution in [0.15, 0.2) is 24.3 Å². The Bertz CT molecular complexity index is 519. The molecule has 0 radical (unpaired) electrons. The van der Waals surface area contributed by atoms with Gasteiger partial charge in [-0.15, -0.1) is 0 Å². The van der Waals surface area contributed by atoms with Gasteiger partial charge in [-0.2, -0.15) is 0 Å². The molecular weight excluding hydrogens is 284 g/mol. The average Bonchev–Trinajstić information content (AvgIpc) is 2.35. The summed E-state index contributed by atoms with van der Waals surface area (Å²) >= 11 is 5.83. The van der Waals surface area contributed by atoms with Crippen molar-refractivity contribution in [3.8, 4) is 0 Å². The van der Waals surface area contributed by atoms with Crippen molar-refractivity contribution in [2.45, 2.75) is 13.3 Å². The van der Waals surface area contributed by atoms with Crippen molar-refractivity contribution in [1.29, 1.82) is 0 Å². The Hall–Kier alpha value is -2.08. The van der Waals surface area contributed by atoms with E-state index in [1.54, 1.807) is 18.2 Å². The van der Waals surface area contributed by atoms with Gasteiger partial charge in [-0.1, -0.05) is 17.7 Å². The summed E-state index contributed by atoms with van der Waals surface area (Å²) < 4.78 is 0. The molecule has 0 unspecified atom stereocenters. The van der Waals surface area contributed by atoms with Crippen molar-refractivity contribution in [3.63, 3.8) is 0 Å². The summed E-state index contributed by atoms with van der Waals surface area (Å²) in [6.07, 6.45) is 0.0133. The number of hydrogen-bond acceptors (Lipinski definition) is 3. The second-order valence-electron chi connectivity index (χ2n) is 4.09. The first-order chi connectivity index (χ1) is 9.40. The largest absolute Gasteiger partial charge is 0.480 e. The standard InChI is InChI=1S/C13H15ClN2O4/c1-9(17)15-6-5-12(18)16(8-13(19)20)11-4-2-3-10(14)7-11/h2-4,7H,5-6,8H2,1H3,(H,15,17)(H,19,20). The van der Waals surface area contributed by atoms with Crippen LogP contribution in [0, 0.1) is 0 Å². The van der Waals surface area contributed by atoms with Crippen molar-refractivity contribution in [2.75, 3.05) is 18.0 Å². The molecule has 1 aromatic carbocycles. The lowest BCUT2D eigenvalue weighted by Gasteiger charge is -2.21. The highest BCUT2D eigenvalue weighted by Crippen LogP contribution is 2.20. The molecular formula is C13H15ClN2O4. The normalized spacial score (nSPS) is 9.90. The number of carboxylic acids is 1. The molecule has 0 aliphatic heterocycles. The van der Waals surface area contributed by atoms with Gasteiger partial charge in [0.15, 0.2) is 0 Å². The fourth-order valence-corrected chi connectivity index (χ4v) is 1.77. The van der Waals surface area contributed by atoms with Crippen molar-refractivity contribution in [2.24, 2.45) is 0 Å². The van der Waals surface area contributed by atoms with E-state index in [2.05, 4.69) is 5.32 Å². The van der Waals surface area contributed by atoms with E-state index in [9.17, 15) is 14.4 Å². The summed E-state index contributed by atoms with van der Waals surface area (Å²) in [5.41, 5.74) is 0.410. The molecule has 6 nitrogen and oxygen atoms in total. The lowest BCUT2D eigenvalue weighted by atomic mass is 10.2. The number of nitrogens with one attached hydrogen (secondary N) is 1. The zero-order chi connectivity index (χ0) is 15.1. The molecule has 0 atom stereocenters. The Kier molecular flexibility index (Phi) is 5.99. The molecule has 0 bridgehead atoms. The second kappa shape index (κ2) is 7.49. The fraction of sp³-hybridized carbons (Fsp3) is 0.308. The molecule has 2 N–H and O–H groups in total. The minimum absolute atomic E-state index is 0.0133. The van der Waals surface area contributed by atoms with Gasteiger partial charge in [-0.25, -0.2) is 0 Å². The number of carboxylic acid groups (broad SMARTS) is 1. The zero-order valence-electron chi connectivity index (χ0n) is 10.9. The molecule has 0 aliphatic carbocycles. The van der Waals surface area contributed by atoms with Gasteiger partial charge in [-0.05, 0) is 18.2 Å². The Labute approximate surface area is 121 Å². The van der Waals surface area contributed by atoms with Gasteiger partial charge in [0.05, 0.1) is 0 Å². The first-order valence-corrected chi connectivity index (χ1v) is 6.30. The number of aliphatic carboxylic acids is 1. The summed E-state index contributed by atoms with van der Waals surface area (Å²) in [7, 11) is 0. The van der Waals surface area contributed by atoms with E-state index in [0.717, 1.165) is 4.90 Å². The predicted octanol–water partition coefficient (Wildman–Crippen LogP) is 1.28. The van der Waals surface area contributed by atoms with Crippen LogP contribution in [0.3, 0.4) is 0 Å². The Morgan fingerprint density at radius 3 is 2.60 bits per heavy atom. The number of nitrogens with zero attached hydrogens (tertiary/aromatic N) is 1. The van der Waals surface area contributed by atoms with Gasteiger partial charge >= 0.3 is 5.97 Å². The van der Waals surface area contributed by atoms with Crippen LogP contribution in [0.1, 0.15) is 13.3 Å². The van der Waals surface area contributed by atoms with E-state index in [4.69, 9.17) is 16.7 Å². The summed E-state index contributed by atoms with van der Waals surface area (Å²) in [5.74, 6) is -1.77. The predicted molar refractivity (Wildman–Crippen MR) is 74.7 cm³/mol. The molecule has 0 saturated carbocycles. The molecule has 1 rings (SSSR count).